The van der Waals surface area contributed by atoms with Crippen molar-refractivity contribution in [3.63, 3.8) is 0 Å². The van der Waals surface area contributed by atoms with E-state index in [0.717, 1.165) is 24.8 Å². The van der Waals surface area contributed by atoms with E-state index in [1.165, 1.54) is 5.56 Å². The van der Waals surface area contributed by atoms with E-state index in [9.17, 15) is 5.11 Å². The van der Waals surface area contributed by atoms with Crippen molar-refractivity contribution < 1.29 is 9.84 Å². The van der Waals surface area contributed by atoms with Crippen LogP contribution in [0.2, 0.25) is 0 Å². The SMILES string of the molecule is CCc1cc(OC)c(O)c(C2(CN)CC2)c1. The topological polar surface area (TPSA) is 55.5 Å². The molecule has 0 spiro atoms. The van der Waals surface area contributed by atoms with Gasteiger partial charge in [0.15, 0.2) is 11.5 Å². The monoisotopic (exact) mass is 221 g/mol. The molecule has 0 bridgehead atoms. The Hall–Kier alpha value is -1.22. The summed E-state index contributed by atoms with van der Waals surface area (Å²) in [7, 11) is 1.58. The summed E-state index contributed by atoms with van der Waals surface area (Å²) in [5.41, 5.74) is 7.95. The van der Waals surface area contributed by atoms with Gasteiger partial charge in [0.1, 0.15) is 0 Å². The molecule has 1 aromatic carbocycles. The smallest absolute Gasteiger partial charge is 0.161 e. The lowest BCUT2D eigenvalue weighted by atomic mass is 9.92. The van der Waals surface area contributed by atoms with Crippen LogP contribution in [0.15, 0.2) is 12.1 Å². The van der Waals surface area contributed by atoms with Gasteiger partial charge in [-0.25, -0.2) is 0 Å². The van der Waals surface area contributed by atoms with Crippen LogP contribution in [0.1, 0.15) is 30.9 Å². The molecule has 2 rings (SSSR count). The maximum Gasteiger partial charge on any atom is 0.161 e. The number of hydrogen-bond donors (Lipinski definition) is 2. The van der Waals surface area contributed by atoms with Crippen molar-refractivity contribution in [1.82, 2.24) is 0 Å². The predicted molar refractivity (Wildman–Crippen MR) is 64.0 cm³/mol. The Kier molecular flexibility index (Phi) is 2.80. The Labute approximate surface area is 96.2 Å². The Bertz CT molecular complexity index is 397. The maximum absolute atomic E-state index is 10.1. The summed E-state index contributed by atoms with van der Waals surface area (Å²) in [6.07, 6.45) is 3.06. The predicted octanol–water partition coefficient (Wildman–Crippen LogP) is 1.95. The van der Waals surface area contributed by atoms with E-state index in [-0.39, 0.29) is 11.2 Å². The molecular weight excluding hydrogens is 202 g/mol. The fourth-order valence-electron chi connectivity index (χ4n) is 2.16. The van der Waals surface area contributed by atoms with Crippen molar-refractivity contribution in [2.45, 2.75) is 31.6 Å². The van der Waals surface area contributed by atoms with Gasteiger partial charge in [-0.2, -0.15) is 0 Å². The lowest BCUT2D eigenvalue weighted by molar-refractivity contribution is 0.367. The minimum absolute atomic E-state index is 0.00252. The van der Waals surface area contributed by atoms with Crippen LogP contribution in [-0.2, 0) is 11.8 Å². The summed E-state index contributed by atoms with van der Waals surface area (Å²) < 4.78 is 5.20. The fraction of sp³-hybridized carbons (Fsp3) is 0.538. The molecule has 3 nitrogen and oxygen atoms in total. The van der Waals surface area contributed by atoms with Crippen LogP contribution in [0.5, 0.6) is 11.5 Å². The minimum Gasteiger partial charge on any atom is -0.504 e. The van der Waals surface area contributed by atoms with Gasteiger partial charge in [-0.05, 0) is 30.9 Å². The number of hydrogen-bond acceptors (Lipinski definition) is 3. The summed E-state index contributed by atoms with van der Waals surface area (Å²) >= 11 is 0. The average molecular weight is 221 g/mol. The number of rotatable bonds is 4. The van der Waals surface area contributed by atoms with Crippen molar-refractivity contribution in [2.24, 2.45) is 5.73 Å². The number of nitrogens with two attached hydrogens (primary N) is 1. The Morgan fingerprint density at radius 1 is 1.44 bits per heavy atom. The third kappa shape index (κ3) is 1.65. The molecule has 0 amide bonds. The molecular formula is C13H19NO2. The highest BCUT2D eigenvalue weighted by atomic mass is 16.5. The molecule has 88 valence electrons. The van der Waals surface area contributed by atoms with Gasteiger partial charge in [-0.1, -0.05) is 13.0 Å². The molecule has 0 saturated heterocycles. The summed E-state index contributed by atoms with van der Waals surface area (Å²) in [4.78, 5) is 0. The van der Waals surface area contributed by atoms with Crippen LogP contribution in [0.4, 0.5) is 0 Å². The van der Waals surface area contributed by atoms with Crippen LogP contribution in [0.3, 0.4) is 0 Å². The molecule has 0 unspecified atom stereocenters. The fourth-order valence-corrected chi connectivity index (χ4v) is 2.16. The van der Waals surface area contributed by atoms with Crippen molar-refractivity contribution in [1.29, 1.82) is 0 Å². The first-order valence-electron chi connectivity index (χ1n) is 5.77. The van der Waals surface area contributed by atoms with Crippen LogP contribution < -0.4 is 10.5 Å². The molecule has 1 aliphatic rings. The molecule has 1 aliphatic carbocycles. The van der Waals surface area contributed by atoms with Gasteiger partial charge in [0, 0.05) is 17.5 Å². The lowest BCUT2D eigenvalue weighted by Gasteiger charge is -2.18. The molecule has 1 fully saturated rings. The highest BCUT2D eigenvalue weighted by Gasteiger charge is 2.45. The quantitative estimate of drug-likeness (QED) is 0.817. The molecule has 3 N–H and O–H groups in total. The first-order valence-corrected chi connectivity index (χ1v) is 5.77. The largest absolute Gasteiger partial charge is 0.504 e. The van der Waals surface area contributed by atoms with E-state index in [1.807, 2.05) is 6.07 Å². The third-order valence-corrected chi connectivity index (χ3v) is 3.58. The van der Waals surface area contributed by atoms with Crippen LogP contribution >= 0.6 is 0 Å². The average Bonchev–Trinajstić information content (AvgIpc) is 3.10. The first kappa shape index (κ1) is 11.3. The van der Waals surface area contributed by atoms with Gasteiger partial charge >= 0.3 is 0 Å². The zero-order chi connectivity index (χ0) is 11.8. The molecule has 0 aliphatic heterocycles. The summed E-state index contributed by atoms with van der Waals surface area (Å²) in [6.45, 7) is 2.69. The number of ether oxygens (including phenoxy) is 1. The van der Waals surface area contributed by atoms with E-state index in [1.54, 1.807) is 7.11 Å². The minimum atomic E-state index is 0.00252. The number of benzene rings is 1. The molecule has 1 saturated carbocycles. The van der Waals surface area contributed by atoms with Gasteiger partial charge in [0.2, 0.25) is 0 Å². The number of aromatic hydroxyl groups is 1. The summed E-state index contributed by atoms with van der Waals surface area (Å²) in [5, 5.41) is 10.1. The van der Waals surface area contributed by atoms with E-state index < -0.39 is 0 Å². The normalized spacial score (nSPS) is 17.2. The Morgan fingerprint density at radius 2 is 2.12 bits per heavy atom. The van der Waals surface area contributed by atoms with Gasteiger partial charge in [-0.3, -0.25) is 0 Å². The molecule has 3 heteroatoms. The molecule has 0 atom stereocenters. The Balaban J connectivity index is 2.51. The number of phenols is 1. The molecule has 1 aromatic rings. The Morgan fingerprint density at radius 3 is 2.56 bits per heavy atom. The van der Waals surface area contributed by atoms with Crippen molar-refractivity contribution in [3.8, 4) is 11.5 Å². The number of aryl methyl sites for hydroxylation is 1. The highest BCUT2D eigenvalue weighted by Crippen LogP contribution is 2.52. The second kappa shape index (κ2) is 3.98. The van der Waals surface area contributed by atoms with Gasteiger partial charge in [-0.15, -0.1) is 0 Å². The van der Waals surface area contributed by atoms with Crippen LogP contribution in [0, 0.1) is 0 Å². The second-order valence-corrected chi connectivity index (χ2v) is 4.53. The molecule has 0 aromatic heterocycles. The maximum atomic E-state index is 10.1. The van der Waals surface area contributed by atoms with E-state index in [4.69, 9.17) is 10.5 Å². The van der Waals surface area contributed by atoms with E-state index in [0.29, 0.717) is 12.3 Å². The standard InChI is InChI=1S/C13H19NO2/c1-3-9-6-10(13(8-14)4-5-13)12(15)11(7-9)16-2/h6-7,15H,3-5,8,14H2,1-2H3. The van der Waals surface area contributed by atoms with Crippen molar-refractivity contribution in [3.05, 3.63) is 23.3 Å². The molecule has 0 heterocycles. The van der Waals surface area contributed by atoms with Crippen LogP contribution in [-0.4, -0.2) is 18.8 Å². The summed E-state index contributed by atoms with van der Waals surface area (Å²) in [5.74, 6) is 0.830. The number of methoxy groups -OCH3 is 1. The molecule has 16 heavy (non-hydrogen) atoms. The van der Waals surface area contributed by atoms with Gasteiger partial charge in [0.25, 0.3) is 0 Å². The third-order valence-electron chi connectivity index (χ3n) is 3.58. The molecule has 0 radical (unpaired) electrons. The van der Waals surface area contributed by atoms with Gasteiger partial charge < -0.3 is 15.6 Å². The van der Waals surface area contributed by atoms with E-state index >= 15 is 0 Å². The highest BCUT2D eigenvalue weighted by molar-refractivity contribution is 5.53. The van der Waals surface area contributed by atoms with Gasteiger partial charge in [0.05, 0.1) is 7.11 Å². The zero-order valence-corrected chi connectivity index (χ0v) is 9.92. The zero-order valence-electron chi connectivity index (χ0n) is 9.92. The van der Waals surface area contributed by atoms with Crippen molar-refractivity contribution in [2.75, 3.05) is 13.7 Å². The first-order chi connectivity index (χ1) is 7.66. The van der Waals surface area contributed by atoms with Crippen LogP contribution in [0.25, 0.3) is 0 Å². The number of phenolic OH excluding ortho intramolecular Hbond substituents is 1. The summed E-state index contributed by atoms with van der Waals surface area (Å²) in [6, 6.07) is 3.96. The second-order valence-electron chi connectivity index (χ2n) is 4.53. The van der Waals surface area contributed by atoms with Crippen molar-refractivity contribution >= 4 is 0 Å². The lowest BCUT2D eigenvalue weighted by Crippen LogP contribution is -2.20. The van der Waals surface area contributed by atoms with E-state index in [2.05, 4.69) is 13.0 Å².